The Balaban J connectivity index is 1.45. The zero-order chi connectivity index (χ0) is 20.4. The summed E-state index contributed by atoms with van der Waals surface area (Å²) in [6.45, 7) is 2.10. The van der Waals surface area contributed by atoms with Crippen LogP contribution in [-0.2, 0) is 10.0 Å². The van der Waals surface area contributed by atoms with E-state index in [4.69, 9.17) is 0 Å². The molecule has 0 atom stereocenters. The van der Waals surface area contributed by atoms with Crippen LogP contribution in [0.5, 0.6) is 0 Å². The molecule has 2 N–H and O–H groups in total. The molecular formula is C19H26N6O3S. The zero-order valence-corrected chi connectivity index (χ0v) is 17.3. The van der Waals surface area contributed by atoms with Crippen molar-refractivity contribution >= 4 is 38.6 Å². The highest BCUT2D eigenvalue weighted by atomic mass is 32.2. The average molecular weight is 419 g/mol. The molecule has 0 spiro atoms. The third-order valence-electron chi connectivity index (χ3n) is 5.53. The van der Waals surface area contributed by atoms with E-state index < -0.39 is 10.0 Å². The number of nitrogens with zero attached hydrogens (tertiary/aromatic N) is 4. The Hall–Kier alpha value is -2.46. The van der Waals surface area contributed by atoms with E-state index in [0.29, 0.717) is 37.5 Å². The number of anilines is 2. The monoisotopic (exact) mass is 418 g/mol. The predicted octanol–water partition coefficient (Wildman–Crippen LogP) is 1.78. The largest absolute Gasteiger partial charge is 0.368 e. The van der Waals surface area contributed by atoms with E-state index in [1.807, 2.05) is 12.1 Å². The van der Waals surface area contributed by atoms with Crippen LogP contribution in [0.25, 0.3) is 11.0 Å². The van der Waals surface area contributed by atoms with Crippen LogP contribution in [0, 0.1) is 0 Å². The van der Waals surface area contributed by atoms with Crippen molar-refractivity contribution in [1.29, 1.82) is 0 Å². The van der Waals surface area contributed by atoms with Gasteiger partial charge in [-0.25, -0.2) is 18.2 Å². The van der Waals surface area contributed by atoms with Gasteiger partial charge in [0.2, 0.25) is 10.0 Å². The summed E-state index contributed by atoms with van der Waals surface area (Å²) in [7, 11) is -3.16. The number of rotatable bonds is 4. The smallest absolute Gasteiger partial charge is 0.320 e. The second kappa shape index (κ2) is 8.11. The van der Waals surface area contributed by atoms with Gasteiger partial charge >= 0.3 is 6.03 Å². The van der Waals surface area contributed by atoms with Gasteiger partial charge in [0.1, 0.15) is 5.82 Å². The van der Waals surface area contributed by atoms with Crippen LogP contribution in [0.15, 0.2) is 24.4 Å². The lowest BCUT2D eigenvalue weighted by molar-refractivity contribution is 0.248. The van der Waals surface area contributed by atoms with Crippen LogP contribution < -0.4 is 15.5 Å². The first kappa shape index (κ1) is 19.8. The van der Waals surface area contributed by atoms with Gasteiger partial charge in [-0.1, -0.05) is 12.8 Å². The van der Waals surface area contributed by atoms with Gasteiger partial charge in [-0.05, 0) is 31.0 Å². The van der Waals surface area contributed by atoms with Gasteiger partial charge < -0.3 is 10.2 Å². The summed E-state index contributed by atoms with van der Waals surface area (Å²) in [5, 5.41) is 5.79. The molecule has 1 saturated carbocycles. The van der Waals surface area contributed by atoms with Crippen LogP contribution >= 0.6 is 0 Å². The van der Waals surface area contributed by atoms with Crippen molar-refractivity contribution in [3.8, 4) is 0 Å². The van der Waals surface area contributed by atoms with E-state index in [1.54, 1.807) is 12.3 Å². The van der Waals surface area contributed by atoms with Crippen molar-refractivity contribution in [2.75, 3.05) is 42.7 Å². The topological polar surface area (TPSA) is 108 Å². The molecule has 0 unspecified atom stereocenters. The van der Waals surface area contributed by atoms with Gasteiger partial charge in [-0.2, -0.15) is 4.31 Å². The number of piperazine rings is 1. The van der Waals surface area contributed by atoms with Crippen molar-refractivity contribution < 1.29 is 13.2 Å². The van der Waals surface area contributed by atoms with Crippen molar-refractivity contribution in [1.82, 2.24) is 19.6 Å². The number of nitrogens with one attached hydrogen (secondary N) is 2. The van der Waals surface area contributed by atoms with E-state index in [9.17, 15) is 13.2 Å². The van der Waals surface area contributed by atoms with Crippen molar-refractivity contribution in [3.05, 3.63) is 24.4 Å². The summed E-state index contributed by atoms with van der Waals surface area (Å²) in [5.74, 6) is 0.480. The van der Waals surface area contributed by atoms with Crippen LogP contribution in [-0.4, -0.2) is 67.2 Å². The highest BCUT2D eigenvalue weighted by Crippen LogP contribution is 2.22. The lowest BCUT2D eigenvalue weighted by Gasteiger charge is -2.34. The minimum absolute atomic E-state index is 0.232. The standard InChI is InChI=1S/C19H26N6O3S/c1-29(27,28)25-10-8-24(9-11-25)15-12-17-16(20-13-15)6-7-18(22-17)23-19(26)21-14-4-2-3-5-14/h6-7,12-14H,2-5,8-11H2,1H3,(H2,21,22,23,26). The highest BCUT2D eigenvalue weighted by Gasteiger charge is 2.24. The first-order valence-electron chi connectivity index (χ1n) is 9.93. The molecule has 156 valence electrons. The summed E-state index contributed by atoms with van der Waals surface area (Å²) >= 11 is 0. The van der Waals surface area contributed by atoms with Crippen LogP contribution in [0.4, 0.5) is 16.3 Å². The number of hydrogen-bond donors (Lipinski definition) is 2. The Morgan fingerprint density at radius 3 is 2.52 bits per heavy atom. The molecule has 0 bridgehead atoms. The Bertz CT molecular complexity index is 998. The maximum Gasteiger partial charge on any atom is 0.320 e. The maximum atomic E-state index is 12.2. The molecule has 1 aliphatic carbocycles. The summed E-state index contributed by atoms with van der Waals surface area (Å²) in [5.41, 5.74) is 2.32. The minimum Gasteiger partial charge on any atom is -0.368 e. The van der Waals surface area contributed by atoms with Gasteiger partial charge in [0.05, 0.1) is 29.2 Å². The molecule has 3 heterocycles. The number of carbonyl (C=O) groups excluding carboxylic acids is 1. The fourth-order valence-corrected chi connectivity index (χ4v) is 4.75. The van der Waals surface area contributed by atoms with E-state index in [-0.39, 0.29) is 12.1 Å². The van der Waals surface area contributed by atoms with Crippen molar-refractivity contribution in [2.45, 2.75) is 31.7 Å². The fourth-order valence-electron chi connectivity index (χ4n) is 3.92. The van der Waals surface area contributed by atoms with Crippen LogP contribution in [0.2, 0.25) is 0 Å². The molecule has 9 nitrogen and oxygen atoms in total. The van der Waals surface area contributed by atoms with E-state index >= 15 is 0 Å². The highest BCUT2D eigenvalue weighted by molar-refractivity contribution is 7.88. The summed E-state index contributed by atoms with van der Waals surface area (Å²) in [6, 6.07) is 5.52. The number of sulfonamides is 1. The maximum absolute atomic E-state index is 12.2. The second-order valence-corrected chi connectivity index (χ2v) is 9.64. The Morgan fingerprint density at radius 2 is 1.83 bits per heavy atom. The molecule has 2 fully saturated rings. The van der Waals surface area contributed by atoms with Gasteiger partial charge in [-0.15, -0.1) is 0 Å². The van der Waals surface area contributed by atoms with Gasteiger partial charge in [0.15, 0.2) is 0 Å². The molecule has 2 aromatic rings. The molecular weight excluding hydrogens is 392 g/mol. The zero-order valence-electron chi connectivity index (χ0n) is 16.5. The lowest BCUT2D eigenvalue weighted by Crippen LogP contribution is -2.48. The quantitative estimate of drug-likeness (QED) is 0.784. The number of hydrogen-bond acceptors (Lipinski definition) is 6. The summed E-state index contributed by atoms with van der Waals surface area (Å²) in [6.07, 6.45) is 7.39. The van der Waals surface area contributed by atoms with E-state index in [1.165, 1.54) is 10.6 Å². The van der Waals surface area contributed by atoms with Gasteiger partial charge in [-0.3, -0.25) is 10.3 Å². The minimum atomic E-state index is -3.16. The van der Waals surface area contributed by atoms with Crippen molar-refractivity contribution in [2.24, 2.45) is 0 Å². The van der Waals surface area contributed by atoms with E-state index in [2.05, 4.69) is 25.5 Å². The van der Waals surface area contributed by atoms with Gasteiger partial charge in [0.25, 0.3) is 0 Å². The molecule has 29 heavy (non-hydrogen) atoms. The Morgan fingerprint density at radius 1 is 1.10 bits per heavy atom. The second-order valence-electron chi connectivity index (χ2n) is 7.66. The Kier molecular flexibility index (Phi) is 5.55. The summed E-state index contributed by atoms with van der Waals surface area (Å²) < 4.78 is 24.9. The third-order valence-corrected chi connectivity index (χ3v) is 6.83. The number of fused-ring (bicyclic) bond motifs is 1. The molecule has 4 rings (SSSR count). The molecule has 0 aromatic carbocycles. The molecule has 1 saturated heterocycles. The van der Waals surface area contributed by atoms with Crippen molar-refractivity contribution in [3.63, 3.8) is 0 Å². The molecule has 1 aliphatic heterocycles. The predicted molar refractivity (Wildman–Crippen MR) is 113 cm³/mol. The number of urea groups is 1. The number of carbonyl (C=O) groups is 1. The molecule has 2 aliphatic rings. The first-order chi connectivity index (χ1) is 13.9. The molecule has 0 radical (unpaired) electrons. The first-order valence-corrected chi connectivity index (χ1v) is 11.8. The number of pyridine rings is 2. The molecule has 2 amide bonds. The molecule has 2 aromatic heterocycles. The lowest BCUT2D eigenvalue weighted by atomic mass is 10.2. The van der Waals surface area contributed by atoms with Crippen LogP contribution in [0.3, 0.4) is 0 Å². The SMILES string of the molecule is CS(=O)(=O)N1CCN(c2cnc3ccc(NC(=O)NC4CCCC4)nc3c2)CC1. The number of aromatic nitrogens is 2. The van der Waals surface area contributed by atoms with Gasteiger partial charge in [0, 0.05) is 32.2 Å². The van der Waals surface area contributed by atoms with E-state index in [0.717, 1.165) is 36.9 Å². The normalized spacial score (nSPS) is 18.9. The third kappa shape index (κ3) is 4.76. The van der Waals surface area contributed by atoms with Crippen LogP contribution in [0.1, 0.15) is 25.7 Å². The summed E-state index contributed by atoms with van der Waals surface area (Å²) in [4.78, 5) is 23.3. The fraction of sp³-hybridized carbons (Fsp3) is 0.526. The molecule has 10 heteroatoms. The Labute approximate surface area is 170 Å². The number of amides is 2. The average Bonchev–Trinajstić information content (AvgIpc) is 3.19.